The zero-order valence-corrected chi connectivity index (χ0v) is 13.1. The molecule has 2 heterocycles. The van der Waals surface area contributed by atoms with Gasteiger partial charge >= 0.3 is 0 Å². The van der Waals surface area contributed by atoms with Gasteiger partial charge in [-0.2, -0.15) is 0 Å². The lowest BCUT2D eigenvalue weighted by Gasteiger charge is -2.31. The van der Waals surface area contributed by atoms with Gasteiger partial charge in [-0.15, -0.1) is 0 Å². The summed E-state index contributed by atoms with van der Waals surface area (Å²) in [6.07, 6.45) is 1.21. The van der Waals surface area contributed by atoms with Crippen molar-refractivity contribution >= 4 is 5.69 Å². The number of nitrogens with two attached hydrogens (primary N) is 1. The molecule has 2 N–H and O–H groups in total. The predicted molar refractivity (Wildman–Crippen MR) is 86.5 cm³/mol. The normalized spacial score (nSPS) is 27.2. The van der Waals surface area contributed by atoms with Crippen LogP contribution >= 0.6 is 0 Å². The molecule has 1 aromatic carbocycles. The Kier molecular flexibility index (Phi) is 4.48. The average molecular weight is 289 g/mol. The first kappa shape index (κ1) is 14.8. The lowest BCUT2D eigenvalue weighted by molar-refractivity contribution is 0.122. The van der Waals surface area contributed by atoms with Crippen molar-refractivity contribution in [3.8, 4) is 0 Å². The first-order valence-electron chi connectivity index (χ1n) is 8.03. The average Bonchev–Trinajstić information content (AvgIpc) is 2.91. The van der Waals surface area contributed by atoms with Crippen LogP contribution < -0.4 is 10.6 Å². The molecule has 0 bridgehead atoms. The van der Waals surface area contributed by atoms with Gasteiger partial charge in [0, 0.05) is 31.9 Å². The van der Waals surface area contributed by atoms with Crippen molar-refractivity contribution in [1.29, 1.82) is 0 Å². The molecule has 0 spiro atoms. The van der Waals surface area contributed by atoms with Crippen LogP contribution in [0.25, 0.3) is 0 Å². The van der Waals surface area contributed by atoms with Gasteiger partial charge in [0.15, 0.2) is 0 Å². The summed E-state index contributed by atoms with van der Waals surface area (Å²) in [7, 11) is 0. The van der Waals surface area contributed by atoms with Crippen molar-refractivity contribution in [2.75, 3.05) is 50.8 Å². The molecule has 4 heteroatoms. The minimum Gasteiger partial charge on any atom is -0.378 e. The number of hydrogen-bond donors (Lipinski definition) is 1. The van der Waals surface area contributed by atoms with Crippen molar-refractivity contribution in [3.63, 3.8) is 0 Å². The number of likely N-dealkylation sites (tertiary alicyclic amines) is 1. The minimum atomic E-state index is 0.300. The van der Waals surface area contributed by atoms with E-state index in [0.717, 1.165) is 52.5 Å². The lowest BCUT2D eigenvalue weighted by atomic mass is 9.90. The summed E-state index contributed by atoms with van der Waals surface area (Å²) in [4.78, 5) is 5.00. The number of morpholine rings is 1. The molecule has 3 rings (SSSR count). The highest BCUT2D eigenvalue weighted by atomic mass is 16.5. The van der Waals surface area contributed by atoms with Crippen molar-refractivity contribution in [1.82, 2.24) is 4.90 Å². The number of para-hydroxylation sites is 1. The fraction of sp³-hybridized carbons (Fsp3) is 0.647. The quantitative estimate of drug-likeness (QED) is 0.916. The Hall–Kier alpha value is -1.10. The van der Waals surface area contributed by atoms with Gasteiger partial charge in [-0.1, -0.05) is 25.1 Å². The van der Waals surface area contributed by atoms with Crippen LogP contribution in [0.15, 0.2) is 24.3 Å². The van der Waals surface area contributed by atoms with Crippen LogP contribution in [0.1, 0.15) is 18.9 Å². The zero-order chi connectivity index (χ0) is 14.7. The van der Waals surface area contributed by atoms with Crippen molar-refractivity contribution in [3.05, 3.63) is 29.8 Å². The van der Waals surface area contributed by atoms with Gasteiger partial charge in [0.05, 0.1) is 13.2 Å². The number of hydrogen-bond acceptors (Lipinski definition) is 4. The number of ether oxygens (including phenoxy) is 1. The molecule has 2 aliphatic rings. The van der Waals surface area contributed by atoms with Gasteiger partial charge in [0.1, 0.15) is 0 Å². The highest BCUT2D eigenvalue weighted by Crippen LogP contribution is 2.31. The Morgan fingerprint density at radius 3 is 2.67 bits per heavy atom. The molecule has 116 valence electrons. The van der Waals surface area contributed by atoms with Crippen molar-refractivity contribution in [2.45, 2.75) is 19.9 Å². The van der Waals surface area contributed by atoms with Crippen molar-refractivity contribution in [2.24, 2.45) is 11.1 Å². The van der Waals surface area contributed by atoms with Crippen LogP contribution in [0.3, 0.4) is 0 Å². The maximum absolute atomic E-state index is 5.92. The smallest absolute Gasteiger partial charge is 0.0642 e. The van der Waals surface area contributed by atoms with E-state index >= 15 is 0 Å². The van der Waals surface area contributed by atoms with E-state index in [2.05, 4.69) is 41.0 Å². The Labute approximate surface area is 127 Å². The monoisotopic (exact) mass is 289 g/mol. The van der Waals surface area contributed by atoms with Crippen LogP contribution in [0.4, 0.5) is 5.69 Å². The Morgan fingerprint density at radius 1 is 1.19 bits per heavy atom. The molecule has 1 unspecified atom stereocenters. The number of anilines is 1. The third-order valence-corrected chi connectivity index (χ3v) is 4.87. The van der Waals surface area contributed by atoms with E-state index in [1.807, 2.05) is 0 Å². The molecule has 0 saturated carbocycles. The van der Waals surface area contributed by atoms with Gasteiger partial charge in [-0.3, -0.25) is 4.90 Å². The molecule has 2 aliphatic heterocycles. The SMILES string of the molecule is CC1(CN)CCN(Cc2ccccc2N2CCOCC2)C1. The Balaban J connectivity index is 1.71. The fourth-order valence-electron chi connectivity index (χ4n) is 3.43. The molecule has 0 radical (unpaired) electrons. The summed E-state index contributed by atoms with van der Waals surface area (Å²) >= 11 is 0. The van der Waals surface area contributed by atoms with E-state index in [4.69, 9.17) is 10.5 Å². The third-order valence-electron chi connectivity index (χ3n) is 4.87. The number of nitrogens with zero attached hydrogens (tertiary/aromatic N) is 2. The molecule has 0 aromatic heterocycles. The first-order chi connectivity index (χ1) is 10.2. The topological polar surface area (TPSA) is 41.7 Å². The summed E-state index contributed by atoms with van der Waals surface area (Å²) in [5.74, 6) is 0. The van der Waals surface area contributed by atoms with E-state index in [1.165, 1.54) is 17.7 Å². The first-order valence-corrected chi connectivity index (χ1v) is 8.03. The van der Waals surface area contributed by atoms with E-state index < -0.39 is 0 Å². The standard InChI is InChI=1S/C17H27N3O/c1-17(13-18)6-7-19(14-17)12-15-4-2-3-5-16(15)20-8-10-21-11-9-20/h2-5H,6-14,18H2,1H3. The van der Waals surface area contributed by atoms with Crippen LogP contribution in [0, 0.1) is 5.41 Å². The van der Waals surface area contributed by atoms with Crippen LogP contribution in [-0.4, -0.2) is 50.8 Å². The van der Waals surface area contributed by atoms with Gasteiger partial charge in [-0.05, 0) is 36.6 Å². The van der Waals surface area contributed by atoms with Gasteiger partial charge in [0.25, 0.3) is 0 Å². The molecular formula is C17H27N3O. The van der Waals surface area contributed by atoms with Crippen LogP contribution in [0.2, 0.25) is 0 Å². The van der Waals surface area contributed by atoms with Crippen LogP contribution in [0.5, 0.6) is 0 Å². The van der Waals surface area contributed by atoms with Gasteiger partial charge in [0.2, 0.25) is 0 Å². The maximum atomic E-state index is 5.92. The molecular weight excluding hydrogens is 262 g/mol. The molecule has 2 fully saturated rings. The maximum Gasteiger partial charge on any atom is 0.0642 e. The van der Waals surface area contributed by atoms with Crippen molar-refractivity contribution < 1.29 is 4.74 Å². The molecule has 1 atom stereocenters. The highest BCUT2D eigenvalue weighted by Gasteiger charge is 2.32. The van der Waals surface area contributed by atoms with E-state index in [0.29, 0.717) is 5.41 Å². The Morgan fingerprint density at radius 2 is 1.95 bits per heavy atom. The summed E-state index contributed by atoms with van der Waals surface area (Å²) < 4.78 is 5.47. The van der Waals surface area contributed by atoms with Crippen LogP contribution in [-0.2, 0) is 11.3 Å². The largest absolute Gasteiger partial charge is 0.378 e. The molecule has 2 saturated heterocycles. The van der Waals surface area contributed by atoms with E-state index in [1.54, 1.807) is 0 Å². The third kappa shape index (κ3) is 3.39. The summed E-state index contributed by atoms with van der Waals surface area (Å²) in [5.41, 5.74) is 9.03. The second kappa shape index (κ2) is 6.34. The second-order valence-electron chi connectivity index (χ2n) is 6.70. The molecule has 1 aromatic rings. The lowest BCUT2D eigenvalue weighted by Crippen LogP contribution is -2.37. The summed E-state index contributed by atoms with van der Waals surface area (Å²) in [6.45, 7) is 10.1. The zero-order valence-electron chi connectivity index (χ0n) is 13.1. The molecule has 21 heavy (non-hydrogen) atoms. The molecule has 0 aliphatic carbocycles. The fourth-order valence-corrected chi connectivity index (χ4v) is 3.43. The minimum absolute atomic E-state index is 0.300. The number of benzene rings is 1. The molecule has 0 amide bonds. The predicted octanol–water partition coefficient (Wildman–Crippen LogP) is 1.69. The second-order valence-corrected chi connectivity index (χ2v) is 6.70. The molecule has 4 nitrogen and oxygen atoms in total. The Bertz CT molecular complexity index is 473. The highest BCUT2D eigenvalue weighted by molar-refractivity contribution is 5.54. The van der Waals surface area contributed by atoms with E-state index in [9.17, 15) is 0 Å². The summed E-state index contributed by atoms with van der Waals surface area (Å²) in [6, 6.07) is 8.81. The van der Waals surface area contributed by atoms with Gasteiger partial charge < -0.3 is 15.4 Å². The van der Waals surface area contributed by atoms with Gasteiger partial charge in [-0.25, -0.2) is 0 Å². The van der Waals surface area contributed by atoms with E-state index in [-0.39, 0.29) is 0 Å². The number of rotatable bonds is 4. The summed E-state index contributed by atoms with van der Waals surface area (Å²) in [5, 5.41) is 0.